The van der Waals surface area contributed by atoms with Crippen molar-refractivity contribution in [3.8, 4) is 5.75 Å². The van der Waals surface area contributed by atoms with Gasteiger partial charge in [-0.05, 0) is 17.7 Å². The summed E-state index contributed by atoms with van der Waals surface area (Å²) in [7, 11) is 0. The van der Waals surface area contributed by atoms with Gasteiger partial charge in [0, 0.05) is 17.2 Å². The van der Waals surface area contributed by atoms with Crippen molar-refractivity contribution in [2.45, 2.75) is 17.0 Å². The van der Waals surface area contributed by atoms with Gasteiger partial charge in [0.25, 0.3) is 0 Å². The fraction of sp³-hybridized carbons (Fsp3) is 0.364. The highest BCUT2D eigenvalue weighted by Gasteiger charge is 2.26. The fourth-order valence-electron chi connectivity index (χ4n) is 1.73. The van der Waals surface area contributed by atoms with Crippen molar-refractivity contribution in [3.63, 3.8) is 0 Å². The van der Waals surface area contributed by atoms with Gasteiger partial charge in [-0.3, -0.25) is 0 Å². The topological polar surface area (TPSA) is 116 Å². The second-order valence-electron chi connectivity index (χ2n) is 4.01. The van der Waals surface area contributed by atoms with Crippen molar-refractivity contribution in [2.75, 3.05) is 17.6 Å². The number of aromatic hydroxyl groups is 1. The summed E-state index contributed by atoms with van der Waals surface area (Å²) in [6.07, 6.45) is -0.834. The molecule has 0 fully saturated rings. The Labute approximate surface area is 108 Å². The third-order valence-electron chi connectivity index (χ3n) is 2.73. The molecule has 98 valence electrons. The summed E-state index contributed by atoms with van der Waals surface area (Å²) >= 11 is 1.33. The lowest BCUT2D eigenvalue weighted by Gasteiger charge is -2.25. The minimum absolute atomic E-state index is 0.0636. The largest absolute Gasteiger partial charge is 0.506 e. The van der Waals surface area contributed by atoms with E-state index in [1.165, 1.54) is 17.8 Å². The SMILES string of the molecule is NC[C@H](O)c1cc(O)c2c(c1)SCC(C(=O)O)N2. The number of phenolic OH excluding ortho intramolecular Hbond substituents is 1. The molecule has 0 spiro atoms. The maximum absolute atomic E-state index is 10.9. The van der Waals surface area contributed by atoms with E-state index >= 15 is 0 Å². The van der Waals surface area contributed by atoms with Crippen LogP contribution in [0.15, 0.2) is 17.0 Å². The molecule has 1 aliphatic rings. The predicted molar refractivity (Wildman–Crippen MR) is 67.9 cm³/mol. The number of fused-ring (bicyclic) bond motifs is 1. The van der Waals surface area contributed by atoms with E-state index in [1.54, 1.807) is 6.07 Å². The zero-order valence-corrected chi connectivity index (χ0v) is 10.3. The van der Waals surface area contributed by atoms with Gasteiger partial charge in [0.1, 0.15) is 11.8 Å². The van der Waals surface area contributed by atoms with E-state index in [0.29, 0.717) is 17.0 Å². The number of hydrogen-bond acceptors (Lipinski definition) is 6. The summed E-state index contributed by atoms with van der Waals surface area (Å²) in [4.78, 5) is 11.6. The van der Waals surface area contributed by atoms with E-state index < -0.39 is 18.1 Å². The highest BCUT2D eigenvalue weighted by Crippen LogP contribution is 2.41. The monoisotopic (exact) mass is 270 g/mol. The van der Waals surface area contributed by atoms with Gasteiger partial charge in [0.15, 0.2) is 0 Å². The molecule has 1 unspecified atom stereocenters. The fourth-order valence-corrected chi connectivity index (χ4v) is 2.83. The average molecular weight is 270 g/mol. The van der Waals surface area contributed by atoms with Crippen LogP contribution in [0.3, 0.4) is 0 Å². The number of phenols is 1. The van der Waals surface area contributed by atoms with Crippen molar-refractivity contribution in [1.29, 1.82) is 0 Å². The summed E-state index contributed by atoms with van der Waals surface area (Å²) in [5.74, 6) is -0.670. The summed E-state index contributed by atoms with van der Waals surface area (Å²) in [5, 5.41) is 31.2. The van der Waals surface area contributed by atoms with Crippen molar-refractivity contribution in [2.24, 2.45) is 5.73 Å². The molecule has 1 aromatic carbocycles. The molecule has 2 atom stereocenters. The molecule has 2 rings (SSSR count). The number of aliphatic carboxylic acids is 1. The summed E-state index contributed by atoms with van der Waals surface area (Å²) in [6.45, 7) is 0.0636. The van der Waals surface area contributed by atoms with E-state index in [0.717, 1.165) is 4.90 Å². The Morgan fingerprint density at radius 3 is 2.94 bits per heavy atom. The van der Waals surface area contributed by atoms with E-state index in [2.05, 4.69) is 5.32 Å². The summed E-state index contributed by atoms with van der Waals surface area (Å²) in [5.41, 5.74) is 6.28. The predicted octanol–water partition coefficient (Wildman–Crippen LogP) is 0.355. The van der Waals surface area contributed by atoms with Crippen molar-refractivity contribution in [1.82, 2.24) is 0 Å². The van der Waals surface area contributed by atoms with E-state index in [9.17, 15) is 15.0 Å². The zero-order chi connectivity index (χ0) is 13.3. The van der Waals surface area contributed by atoms with Gasteiger partial charge in [-0.15, -0.1) is 11.8 Å². The van der Waals surface area contributed by atoms with Gasteiger partial charge in [0.05, 0.1) is 11.8 Å². The molecule has 1 heterocycles. The molecular formula is C11H14N2O4S. The number of nitrogens with two attached hydrogens (primary N) is 1. The van der Waals surface area contributed by atoms with Crippen LogP contribution in [0.4, 0.5) is 5.69 Å². The lowest BCUT2D eigenvalue weighted by Crippen LogP contribution is -2.34. The second kappa shape index (κ2) is 5.05. The van der Waals surface area contributed by atoms with Crippen LogP contribution in [0.25, 0.3) is 0 Å². The molecule has 7 heteroatoms. The number of rotatable bonds is 3. The molecule has 6 nitrogen and oxygen atoms in total. The number of benzene rings is 1. The molecule has 1 aliphatic heterocycles. The minimum Gasteiger partial charge on any atom is -0.506 e. The van der Waals surface area contributed by atoms with Gasteiger partial charge < -0.3 is 26.4 Å². The van der Waals surface area contributed by atoms with Crippen LogP contribution < -0.4 is 11.1 Å². The molecule has 0 aliphatic carbocycles. The lowest BCUT2D eigenvalue weighted by molar-refractivity contribution is -0.137. The standard InChI is InChI=1S/C11H14N2O4S/c12-3-8(15)5-1-7(14)10-9(2-5)18-4-6(13-10)11(16)17/h1-2,6,8,13-15H,3-4,12H2,(H,16,17)/t6?,8-/m0/s1. The number of carboxylic acids is 1. The molecule has 0 saturated heterocycles. The van der Waals surface area contributed by atoms with Gasteiger partial charge >= 0.3 is 5.97 Å². The van der Waals surface area contributed by atoms with Crippen LogP contribution in [0.5, 0.6) is 5.75 Å². The van der Waals surface area contributed by atoms with Crippen LogP contribution in [-0.4, -0.2) is 39.6 Å². The van der Waals surface area contributed by atoms with Crippen LogP contribution >= 0.6 is 11.8 Å². The van der Waals surface area contributed by atoms with Crippen molar-refractivity contribution >= 4 is 23.4 Å². The zero-order valence-electron chi connectivity index (χ0n) is 9.46. The first kappa shape index (κ1) is 13.0. The first-order valence-corrected chi connectivity index (χ1v) is 6.38. The summed E-state index contributed by atoms with van der Waals surface area (Å²) in [6, 6.07) is 2.38. The Hall–Kier alpha value is -1.44. The molecule has 0 amide bonds. The van der Waals surface area contributed by atoms with E-state index in [4.69, 9.17) is 10.8 Å². The van der Waals surface area contributed by atoms with Gasteiger partial charge in [-0.1, -0.05) is 0 Å². The Morgan fingerprint density at radius 1 is 1.61 bits per heavy atom. The number of aliphatic hydroxyl groups is 1. The normalized spacial score (nSPS) is 19.8. The maximum atomic E-state index is 10.9. The average Bonchev–Trinajstić information content (AvgIpc) is 2.37. The molecule has 0 radical (unpaired) electrons. The molecule has 0 saturated carbocycles. The summed E-state index contributed by atoms with van der Waals surface area (Å²) < 4.78 is 0. The van der Waals surface area contributed by atoms with Gasteiger partial charge in [-0.25, -0.2) is 4.79 Å². The van der Waals surface area contributed by atoms with Crippen LogP contribution in [0.2, 0.25) is 0 Å². The highest BCUT2D eigenvalue weighted by molar-refractivity contribution is 7.99. The van der Waals surface area contributed by atoms with Crippen molar-refractivity contribution < 1.29 is 20.1 Å². The Balaban J connectivity index is 2.34. The molecule has 1 aromatic rings. The van der Waals surface area contributed by atoms with E-state index in [1.807, 2.05) is 0 Å². The Bertz CT molecular complexity index is 480. The molecular weight excluding hydrogens is 256 g/mol. The Kier molecular flexibility index (Phi) is 3.65. The van der Waals surface area contributed by atoms with Crippen LogP contribution in [0.1, 0.15) is 11.7 Å². The second-order valence-corrected chi connectivity index (χ2v) is 5.07. The molecule has 0 aromatic heterocycles. The van der Waals surface area contributed by atoms with Crippen LogP contribution in [0, 0.1) is 0 Å². The molecule has 18 heavy (non-hydrogen) atoms. The maximum Gasteiger partial charge on any atom is 0.327 e. The van der Waals surface area contributed by atoms with Crippen LogP contribution in [-0.2, 0) is 4.79 Å². The molecule has 0 bridgehead atoms. The molecule has 6 N–H and O–H groups in total. The third-order valence-corrected chi connectivity index (χ3v) is 3.87. The number of hydrogen-bond donors (Lipinski definition) is 5. The Morgan fingerprint density at radius 2 is 2.33 bits per heavy atom. The van der Waals surface area contributed by atoms with Gasteiger partial charge in [-0.2, -0.15) is 0 Å². The van der Waals surface area contributed by atoms with Crippen molar-refractivity contribution in [3.05, 3.63) is 17.7 Å². The number of carboxylic acid groups (broad SMARTS) is 1. The lowest BCUT2D eigenvalue weighted by atomic mass is 10.1. The van der Waals surface area contributed by atoms with Gasteiger partial charge in [0.2, 0.25) is 0 Å². The first-order valence-electron chi connectivity index (χ1n) is 5.40. The highest BCUT2D eigenvalue weighted by atomic mass is 32.2. The number of carbonyl (C=O) groups is 1. The van der Waals surface area contributed by atoms with E-state index in [-0.39, 0.29) is 12.3 Å². The number of thioether (sulfide) groups is 1. The smallest absolute Gasteiger partial charge is 0.327 e. The number of aliphatic hydroxyl groups excluding tert-OH is 1. The minimum atomic E-state index is -0.960. The third kappa shape index (κ3) is 2.38. The quantitative estimate of drug-likeness (QED) is 0.503. The first-order chi connectivity index (χ1) is 8.52. The number of anilines is 1. The number of nitrogens with one attached hydrogen (secondary N) is 1.